The molecule has 4 aliphatic rings. The van der Waals surface area contributed by atoms with Gasteiger partial charge >= 0.3 is 0 Å². The summed E-state index contributed by atoms with van der Waals surface area (Å²) in [6.45, 7) is 5.34. The van der Waals surface area contributed by atoms with Crippen molar-refractivity contribution in [1.29, 1.82) is 0 Å². The van der Waals surface area contributed by atoms with Gasteiger partial charge in [0.1, 0.15) is 35.6 Å². The summed E-state index contributed by atoms with van der Waals surface area (Å²) < 4.78 is 23.0. The molecule has 0 aliphatic carbocycles. The van der Waals surface area contributed by atoms with E-state index >= 15 is 0 Å². The first kappa shape index (κ1) is 16.9. The lowest BCUT2D eigenvalue weighted by Crippen LogP contribution is -2.51. The Morgan fingerprint density at radius 1 is 0.833 bits per heavy atom. The van der Waals surface area contributed by atoms with Gasteiger partial charge in [0.05, 0.1) is 25.4 Å². The molecule has 0 radical (unpaired) electrons. The van der Waals surface area contributed by atoms with Gasteiger partial charge in [-0.3, -0.25) is 0 Å². The van der Waals surface area contributed by atoms with Crippen LogP contribution in [0.1, 0.15) is 39.5 Å². The molecule has 8 atom stereocenters. The minimum Gasteiger partial charge on any atom is -0.387 e. The summed E-state index contributed by atoms with van der Waals surface area (Å²) in [5.41, 5.74) is -0.875. The molecular weight excluding hydrogens is 312 g/mol. The fourth-order valence-electron chi connectivity index (χ4n) is 4.06. The molecule has 136 valence electrons. The van der Waals surface area contributed by atoms with Gasteiger partial charge in [0.25, 0.3) is 0 Å². The van der Waals surface area contributed by atoms with Gasteiger partial charge < -0.3 is 29.2 Å². The second kappa shape index (κ2) is 6.04. The molecule has 0 aromatic rings. The van der Waals surface area contributed by atoms with Crippen molar-refractivity contribution in [3.63, 3.8) is 0 Å². The van der Waals surface area contributed by atoms with Crippen LogP contribution in [-0.2, 0) is 18.9 Å². The Bertz CT molecular complexity index is 454. The molecule has 0 aromatic carbocycles. The Balaban J connectivity index is 1.47. The van der Waals surface area contributed by atoms with Crippen molar-refractivity contribution in [2.24, 2.45) is 0 Å². The summed E-state index contributed by atoms with van der Waals surface area (Å²) in [6.07, 6.45) is 4.89. The average molecular weight is 340 g/mol. The van der Waals surface area contributed by atoms with E-state index in [1.165, 1.54) is 0 Å². The molecule has 0 amide bonds. The average Bonchev–Trinajstić information content (AvgIpc) is 3.50. The Labute approximate surface area is 142 Å². The Morgan fingerprint density at radius 3 is 1.50 bits per heavy atom. The molecule has 0 aromatic heterocycles. The maximum absolute atomic E-state index is 10.6. The molecule has 24 heavy (non-hydrogen) atoms. The fourth-order valence-corrected chi connectivity index (χ4v) is 4.06. The molecule has 4 fully saturated rings. The van der Waals surface area contributed by atoms with Crippen LogP contribution in [0.3, 0.4) is 0 Å². The van der Waals surface area contributed by atoms with Crippen LogP contribution in [0.5, 0.6) is 0 Å². The van der Waals surface area contributed by atoms with E-state index in [1.807, 2.05) is 12.2 Å². The maximum atomic E-state index is 10.6. The lowest BCUT2D eigenvalue weighted by molar-refractivity contribution is -0.139. The molecule has 0 saturated carbocycles. The van der Waals surface area contributed by atoms with Gasteiger partial charge in [-0.15, -0.1) is 0 Å². The lowest BCUT2D eigenvalue weighted by Gasteiger charge is -2.38. The first-order valence-corrected chi connectivity index (χ1v) is 9.15. The van der Waals surface area contributed by atoms with E-state index in [4.69, 9.17) is 18.9 Å². The SMILES string of the molecule is CC[C@@H]1CC2(CO2)[C@@H](O)[C@H](/C=C/[C@@H]2O[C@H](CC)CC3(CO3)[C@H]2O)O1. The minimum absolute atomic E-state index is 0.0873. The molecule has 4 aliphatic heterocycles. The Morgan fingerprint density at radius 2 is 1.21 bits per heavy atom. The van der Waals surface area contributed by atoms with Crippen molar-refractivity contribution in [1.82, 2.24) is 0 Å². The quantitative estimate of drug-likeness (QED) is 0.585. The van der Waals surface area contributed by atoms with Crippen molar-refractivity contribution >= 4 is 0 Å². The van der Waals surface area contributed by atoms with Gasteiger partial charge in [-0.05, 0) is 12.8 Å². The normalized spacial score (nSPS) is 53.8. The molecule has 4 heterocycles. The molecule has 0 bridgehead atoms. The second-order valence-corrected chi connectivity index (χ2v) is 7.65. The number of aliphatic hydroxyl groups is 2. The maximum Gasteiger partial charge on any atom is 0.123 e. The summed E-state index contributed by atoms with van der Waals surface area (Å²) in [6, 6.07) is 0. The van der Waals surface area contributed by atoms with Gasteiger partial charge in [0, 0.05) is 12.8 Å². The largest absolute Gasteiger partial charge is 0.387 e. The van der Waals surface area contributed by atoms with Crippen molar-refractivity contribution in [2.45, 2.75) is 87.4 Å². The highest BCUT2D eigenvalue weighted by molar-refractivity contribution is 5.15. The summed E-state index contributed by atoms with van der Waals surface area (Å²) >= 11 is 0. The minimum atomic E-state index is -0.676. The third kappa shape index (κ3) is 2.83. The molecule has 6 heteroatoms. The Hall–Kier alpha value is -0.500. The highest BCUT2D eigenvalue weighted by atomic mass is 16.6. The topological polar surface area (TPSA) is 84.0 Å². The monoisotopic (exact) mass is 340 g/mol. The predicted octanol–water partition coefficient (Wildman–Crippen LogP) is 0.937. The van der Waals surface area contributed by atoms with Crippen LogP contribution in [0, 0.1) is 0 Å². The third-order valence-corrected chi connectivity index (χ3v) is 5.98. The summed E-state index contributed by atoms with van der Waals surface area (Å²) in [5, 5.41) is 21.1. The van der Waals surface area contributed by atoms with Crippen LogP contribution in [0.25, 0.3) is 0 Å². The van der Waals surface area contributed by atoms with Gasteiger partial charge in [0.15, 0.2) is 0 Å². The second-order valence-electron chi connectivity index (χ2n) is 7.65. The van der Waals surface area contributed by atoms with Gasteiger partial charge in [-0.2, -0.15) is 0 Å². The molecule has 2 unspecified atom stereocenters. The zero-order chi connectivity index (χ0) is 16.9. The third-order valence-electron chi connectivity index (χ3n) is 5.98. The van der Waals surface area contributed by atoms with E-state index in [0.717, 1.165) is 25.7 Å². The van der Waals surface area contributed by atoms with Crippen molar-refractivity contribution in [3.05, 3.63) is 12.2 Å². The smallest absolute Gasteiger partial charge is 0.123 e. The van der Waals surface area contributed by atoms with Crippen molar-refractivity contribution < 1.29 is 29.2 Å². The zero-order valence-electron chi connectivity index (χ0n) is 14.4. The highest BCUT2D eigenvalue weighted by Crippen LogP contribution is 2.45. The first-order chi connectivity index (χ1) is 11.5. The van der Waals surface area contributed by atoms with Crippen LogP contribution in [0.2, 0.25) is 0 Å². The van der Waals surface area contributed by atoms with E-state index in [2.05, 4.69) is 13.8 Å². The van der Waals surface area contributed by atoms with Gasteiger partial charge in [-0.1, -0.05) is 26.0 Å². The van der Waals surface area contributed by atoms with Crippen LogP contribution in [0.4, 0.5) is 0 Å². The van der Waals surface area contributed by atoms with Crippen LogP contribution >= 0.6 is 0 Å². The highest BCUT2D eigenvalue weighted by Gasteiger charge is 2.59. The number of ether oxygens (including phenoxy) is 4. The van der Waals surface area contributed by atoms with Crippen LogP contribution in [-0.4, -0.2) is 71.3 Å². The van der Waals surface area contributed by atoms with Crippen LogP contribution in [0.15, 0.2) is 12.2 Å². The number of epoxide rings is 2. The zero-order valence-corrected chi connectivity index (χ0v) is 14.4. The van der Waals surface area contributed by atoms with E-state index in [1.54, 1.807) is 0 Å². The van der Waals surface area contributed by atoms with Gasteiger partial charge in [-0.25, -0.2) is 0 Å². The standard InChI is InChI=1S/C18H28O6/c1-3-11-7-17(9-21-17)15(19)13(23-11)5-6-14-16(20)18(10-22-18)8-12(4-2)24-14/h5-6,11-16,19-20H,3-4,7-10H2,1-2H3/b6-5+/t11-,12-,13+,14+,15+,16+,17?,18?/m1/s1. The molecule has 4 rings (SSSR count). The number of rotatable bonds is 4. The Kier molecular flexibility index (Phi) is 4.26. The van der Waals surface area contributed by atoms with E-state index < -0.39 is 35.6 Å². The van der Waals surface area contributed by atoms with E-state index in [-0.39, 0.29) is 12.2 Å². The summed E-state index contributed by atoms with van der Waals surface area (Å²) in [5.74, 6) is 0. The molecule has 2 N–H and O–H groups in total. The van der Waals surface area contributed by atoms with Crippen molar-refractivity contribution in [2.75, 3.05) is 13.2 Å². The summed E-state index contributed by atoms with van der Waals surface area (Å²) in [7, 11) is 0. The summed E-state index contributed by atoms with van der Waals surface area (Å²) in [4.78, 5) is 0. The number of hydrogen-bond donors (Lipinski definition) is 2. The van der Waals surface area contributed by atoms with E-state index in [0.29, 0.717) is 13.2 Å². The van der Waals surface area contributed by atoms with Gasteiger partial charge in [0.2, 0.25) is 0 Å². The predicted molar refractivity (Wildman–Crippen MR) is 85.7 cm³/mol. The van der Waals surface area contributed by atoms with Crippen molar-refractivity contribution in [3.8, 4) is 0 Å². The molecular formula is C18H28O6. The molecule has 2 spiro atoms. The molecule has 6 nitrogen and oxygen atoms in total. The lowest BCUT2D eigenvalue weighted by atomic mass is 9.86. The first-order valence-electron chi connectivity index (χ1n) is 9.15. The van der Waals surface area contributed by atoms with Crippen LogP contribution < -0.4 is 0 Å². The van der Waals surface area contributed by atoms with E-state index in [9.17, 15) is 10.2 Å². The fraction of sp³-hybridized carbons (Fsp3) is 0.889. The number of aliphatic hydroxyl groups excluding tert-OH is 2. The number of hydrogen-bond acceptors (Lipinski definition) is 6. The molecule has 4 saturated heterocycles.